The maximum absolute atomic E-state index is 13.6. The van der Waals surface area contributed by atoms with Gasteiger partial charge in [0.2, 0.25) is 0 Å². The third kappa shape index (κ3) is 3.70. The Bertz CT molecular complexity index is 1190. The van der Waals surface area contributed by atoms with Crippen LogP contribution in [0.3, 0.4) is 0 Å². The number of para-hydroxylation sites is 1. The fourth-order valence-electron chi connectivity index (χ4n) is 5.72. The van der Waals surface area contributed by atoms with E-state index in [2.05, 4.69) is 0 Å². The molecule has 3 aliphatic rings. The standard InChI is InChI=1S/C25H28N2O5S/c1-32-25(29)23-16-18-8-3-5-12-22(18)27(23)24(28)19-9-6-10-20(15-19)33(30,31)26-14-13-17-7-2-4-11-21(17)26/h2,4,6-7,9-11,15,18,22-23H,3,5,8,12-14,16H2,1H3/t18-,22+,23+/m1/s1. The highest BCUT2D eigenvalue weighted by molar-refractivity contribution is 7.92. The van der Waals surface area contributed by atoms with Crippen molar-refractivity contribution in [2.24, 2.45) is 5.92 Å². The molecule has 0 radical (unpaired) electrons. The van der Waals surface area contributed by atoms with E-state index in [1.165, 1.54) is 23.5 Å². The van der Waals surface area contributed by atoms with Gasteiger partial charge in [-0.05, 0) is 61.4 Å². The van der Waals surface area contributed by atoms with E-state index in [0.29, 0.717) is 25.1 Å². The van der Waals surface area contributed by atoms with Crippen LogP contribution in [0.1, 0.15) is 48.0 Å². The quantitative estimate of drug-likeness (QED) is 0.643. The molecule has 2 aromatic carbocycles. The molecule has 1 saturated carbocycles. The number of ether oxygens (including phenoxy) is 1. The van der Waals surface area contributed by atoms with Crippen molar-refractivity contribution in [3.63, 3.8) is 0 Å². The lowest BCUT2D eigenvalue weighted by atomic mass is 9.84. The van der Waals surface area contributed by atoms with Crippen molar-refractivity contribution in [3.05, 3.63) is 59.7 Å². The minimum Gasteiger partial charge on any atom is -0.467 e. The van der Waals surface area contributed by atoms with E-state index in [0.717, 1.165) is 31.2 Å². The first-order chi connectivity index (χ1) is 15.9. The lowest BCUT2D eigenvalue weighted by Gasteiger charge is -2.33. The van der Waals surface area contributed by atoms with Crippen molar-refractivity contribution in [1.82, 2.24) is 4.90 Å². The summed E-state index contributed by atoms with van der Waals surface area (Å²) in [6.45, 7) is 0.375. The van der Waals surface area contributed by atoms with E-state index in [1.807, 2.05) is 24.3 Å². The third-order valence-corrected chi connectivity index (χ3v) is 9.12. The SMILES string of the molecule is COC(=O)[C@@H]1C[C@H]2CCCC[C@@H]2N1C(=O)c1cccc(S(=O)(=O)N2CCc3ccccc32)c1. The zero-order valence-electron chi connectivity index (χ0n) is 18.6. The van der Waals surface area contributed by atoms with Crippen LogP contribution in [0, 0.1) is 5.92 Å². The minimum atomic E-state index is -3.82. The van der Waals surface area contributed by atoms with Crippen LogP contribution in [-0.2, 0) is 26.0 Å². The molecule has 0 unspecified atom stereocenters. The molecule has 2 aromatic rings. The Kier molecular flexibility index (Phi) is 5.64. The molecule has 174 valence electrons. The number of carbonyl (C=O) groups is 2. The molecule has 2 aliphatic heterocycles. The fourth-order valence-corrected chi connectivity index (χ4v) is 7.27. The average molecular weight is 469 g/mol. The van der Waals surface area contributed by atoms with Gasteiger partial charge < -0.3 is 9.64 Å². The number of methoxy groups -OCH3 is 1. The van der Waals surface area contributed by atoms with Gasteiger partial charge in [-0.15, -0.1) is 0 Å². The normalized spacial score (nSPS) is 24.3. The lowest BCUT2D eigenvalue weighted by Crippen LogP contribution is -2.46. The van der Waals surface area contributed by atoms with Crippen LogP contribution in [0.2, 0.25) is 0 Å². The summed E-state index contributed by atoms with van der Waals surface area (Å²) in [4.78, 5) is 27.9. The number of anilines is 1. The van der Waals surface area contributed by atoms with Crippen LogP contribution < -0.4 is 4.31 Å². The molecular formula is C25H28N2O5S. The maximum Gasteiger partial charge on any atom is 0.328 e. The molecule has 1 saturated heterocycles. The van der Waals surface area contributed by atoms with E-state index in [-0.39, 0.29) is 28.3 Å². The molecule has 2 fully saturated rings. The Morgan fingerprint density at radius 3 is 2.64 bits per heavy atom. The van der Waals surface area contributed by atoms with Crippen molar-refractivity contribution in [3.8, 4) is 0 Å². The second-order valence-electron chi connectivity index (χ2n) is 9.08. The van der Waals surface area contributed by atoms with Crippen molar-refractivity contribution < 1.29 is 22.7 Å². The Labute approximate surface area is 194 Å². The molecule has 8 heteroatoms. The molecule has 1 aliphatic carbocycles. The number of carbonyl (C=O) groups excluding carboxylic acids is 2. The van der Waals surface area contributed by atoms with Gasteiger partial charge in [-0.1, -0.05) is 37.1 Å². The van der Waals surface area contributed by atoms with E-state index < -0.39 is 22.0 Å². The first kappa shape index (κ1) is 21.9. The lowest BCUT2D eigenvalue weighted by molar-refractivity contribution is -0.145. The van der Waals surface area contributed by atoms with Gasteiger partial charge in [0.25, 0.3) is 15.9 Å². The van der Waals surface area contributed by atoms with Crippen LogP contribution >= 0.6 is 0 Å². The van der Waals surface area contributed by atoms with Crippen molar-refractivity contribution in [2.75, 3.05) is 18.0 Å². The summed E-state index contributed by atoms with van der Waals surface area (Å²) in [5.74, 6) is -0.436. The zero-order chi connectivity index (χ0) is 23.2. The zero-order valence-corrected chi connectivity index (χ0v) is 19.5. The van der Waals surface area contributed by atoms with Gasteiger partial charge >= 0.3 is 5.97 Å². The van der Waals surface area contributed by atoms with Crippen LogP contribution in [0.15, 0.2) is 53.4 Å². The molecule has 0 bridgehead atoms. The van der Waals surface area contributed by atoms with Gasteiger partial charge in [0.15, 0.2) is 0 Å². The predicted molar refractivity (Wildman–Crippen MR) is 123 cm³/mol. The average Bonchev–Trinajstić information content (AvgIpc) is 3.45. The predicted octanol–water partition coefficient (Wildman–Crippen LogP) is 3.38. The number of hydrogen-bond acceptors (Lipinski definition) is 5. The highest BCUT2D eigenvalue weighted by Crippen LogP contribution is 2.41. The second-order valence-corrected chi connectivity index (χ2v) is 10.9. The summed E-state index contributed by atoms with van der Waals surface area (Å²) >= 11 is 0. The molecule has 0 spiro atoms. The number of likely N-dealkylation sites (tertiary alicyclic amines) is 1. The highest BCUT2D eigenvalue weighted by Gasteiger charge is 2.48. The number of esters is 1. The van der Waals surface area contributed by atoms with Crippen LogP contribution in [0.25, 0.3) is 0 Å². The van der Waals surface area contributed by atoms with Gasteiger partial charge in [0.05, 0.1) is 17.7 Å². The molecule has 1 amide bonds. The maximum atomic E-state index is 13.6. The Balaban J connectivity index is 1.47. The Hall–Kier alpha value is -2.87. The van der Waals surface area contributed by atoms with Gasteiger partial charge in [0, 0.05) is 18.2 Å². The van der Waals surface area contributed by atoms with Crippen molar-refractivity contribution in [2.45, 2.75) is 55.5 Å². The summed E-state index contributed by atoms with van der Waals surface area (Å²) in [7, 11) is -2.48. The molecule has 5 rings (SSSR count). The molecule has 2 heterocycles. The van der Waals surface area contributed by atoms with Gasteiger partial charge in [-0.2, -0.15) is 0 Å². The molecule has 7 nitrogen and oxygen atoms in total. The summed E-state index contributed by atoms with van der Waals surface area (Å²) in [5.41, 5.74) is 1.96. The number of hydrogen-bond donors (Lipinski definition) is 0. The number of nitrogens with zero attached hydrogens (tertiary/aromatic N) is 2. The van der Waals surface area contributed by atoms with Gasteiger partial charge in [0.1, 0.15) is 6.04 Å². The van der Waals surface area contributed by atoms with Crippen LogP contribution in [0.4, 0.5) is 5.69 Å². The summed E-state index contributed by atoms with van der Waals surface area (Å²) < 4.78 is 33.3. The number of fused-ring (bicyclic) bond motifs is 2. The second kappa shape index (κ2) is 8.48. The largest absolute Gasteiger partial charge is 0.467 e. The Morgan fingerprint density at radius 2 is 1.82 bits per heavy atom. The molecule has 0 N–H and O–H groups in total. The monoisotopic (exact) mass is 468 g/mol. The van der Waals surface area contributed by atoms with Crippen LogP contribution in [-0.4, -0.2) is 50.9 Å². The molecule has 3 atom stereocenters. The first-order valence-corrected chi connectivity index (χ1v) is 13.0. The van der Waals surface area contributed by atoms with E-state index >= 15 is 0 Å². The van der Waals surface area contributed by atoms with E-state index in [9.17, 15) is 18.0 Å². The van der Waals surface area contributed by atoms with Gasteiger partial charge in [-0.3, -0.25) is 9.10 Å². The molecular weight excluding hydrogens is 440 g/mol. The minimum absolute atomic E-state index is 0.0129. The summed E-state index contributed by atoms with van der Waals surface area (Å²) in [6, 6.07) is 13.0. The highest BCUT2D eigenvalue weighted by atomic mass is 32.2. The number of rotatable bonds is 4. The molecule has 0 aromatic heterocycles. The first-order valence-electron chi connectivity index (χ1n) is 11.5. The third-order valence-electron chi connectivity index (χ3n) is 7.31. The summed E-state index contributed by atoms with van der Waals surface area (Å²) in [6.07, 6.45) is 5.22. The van der Waals surface area contributed by atoms with Crippen molar-refractivity contribution >= 4 is 27.6 Å². The topological polar surface area (TPSA) is 84.0 Å². The summed E-state index contributed by atoms with van der Waals surface area (Å²) in [5, 5.41) is 0. The number of benzene rings is 2. The molecule has 33 heavy (non-hydrogen) atoms. The Morgan fingerprint density at radius 1 is 1.03 bits per heavy atom. The fraction of sp³-hybridized carbons (Fsp3) is 0.440. The van der Waals surface area contributed by atoms with E-state index in [1.54, 1.807) is 17.0 Å². The smallest absolute Gasteiger partial charge is 0.328 e. The van der Waals surface area contributed by atoms with Crippen molar-refractivity contribution in [1.29, 1.82) is 0 Å². The van der Waals surface area contributed by atoms with Gasteiger partial charge in [-0.25, -0.2) is 13.2 Å². The van der Waals surface area contributed by atoms with E-state index in [4.69, 9.17) is 4.74 Å². The number of sulfonamides is 1. The van der Waals surface area contributed by atoms with Crippen LogP contribution in [0.5, 0.6) is 0 Å². The number of amides is 1.